The molecule has 0 saturated heterocycles. The Balaban J connectivity index is 4.10. The highest BCUT2D eigenvalue weighted by Crippen LogP contribution is 2.36. The highest BCUT2D eigenvalue weighted by molar-refractivity contribution is 9.10. The molecule has 0 aliphatic carbocycles. The normalized spacial score (nSPS) is 18.6. The topological polar surface area (TPSA) is 46.2 Å². The van der Waals surface area contributed by atoms with E-state index in [-0.39, 0.29) is 13.0 Å². The monoisotopic (exact) mass is 217 g/mol. The van der Waals surface area contributed by atoms with Crippen LogP contribution in [0.15, 0.2) is 0 Å². The van der Waals surface area contributed by atoms with Crippen LogP contribution in [-0.2, 0) is 0 Å². The summed E-state index contributed by atoms with van der Waals surface area (Å²) < 4.78 is 24.6. The van der Waals surface area contributed by atoms with Gasteiger partial charge in [0.15, 0.2) is 0 Å². The maximum atomic E-state index is 12.3. The Morgan fingerprint density at radius 1 is 1.60 bits per heavy atom. The molecule has 2 nitrogen and oxygen atoms in total. The SMILES string of the molecule is CC(O)(CCN)C(F)(F)Br. The smallest absolute Gasteiger partial charge is 0.329 e. The van der Waals surface area contributed by atoms with Crippen molar-refractivity contribution in [3.8, 4) is 0 Å². The number of hydrogen-bond acceptors (Lipinski definition) is 2. The molecule has 0 aromatic rings. The lowest BCUT2D eigenvalue weighted by atomic mass is 10.0. The van der Waals surface area contributed by atoms with Crippen molar-refractivity contribution in [3.63, 3.8) is 0 Å². The van der Waals surface area contributed by atoms with Crippen LogP contribution in [0.2, 0.25) is 0 Å². The lowest BCUT2D eigenvalue weighted by molar-refractivity contribution is -0.106. The number of alkyl halides is 3. The predicted molar refractivity (Wildman–Crippen MR) is 38.2 cm³/mol. The summed E-state index contributed by atoms with van der Waals surface area (Å²) in [5.41, 5.74) is 2.94. The summed E-state index contributed by atoms with van der Waals surface area (Å²) >= 11 is 2.06. The molecule has 0 aliphatic rings. The van der Waals surface area contributed by atoms with Crippen LogP contribution in [0.4, 0.5) is 8.78 Å². The molecular formula is C5H10BrF2NO. The van der Waals surface area contributed by atoms with E-state index in [1.165, 1.54) is 0 Å². The molecule has 10 heavy (non-hydrogen) atoms. The van der Waals surface area contributed by atoms with Gasteiger partial charge in [0.2, 0.25) is 0 Å². The van der Waals surface area contributed by atoms with E-state index in [1.807, 2.05) is 0 Å². The Morgan fingerprint density at radius 2 is 2.00 bits per heavy atom. The van der Waals surface area contributed by atoms with Crippen molar-refractivity contribution in [2.75, 3.05) is 6.54 Å². The summed E-state index contributed by atoms with van der Waals surface area (Å²) in [6.45, 7) is 1.07. The maximum absolute atomic E-state index is 12.3. The quantitative estimate of drug-likeness (QED) is 0.696. The molecule has 0 saturated carbocycles. The Labute approximate surface area is 66.5 Å². The molecule has 0 rings (SSSR count). The van der Waals surface area contributed by atoms with Crippen molar-refractivity contribution in [1.82, 2.24) is 0 Å². The van der Waals surface area contributed by atoms with E-state index < -0.39 is 10.4 Å². The summed E-state index contributed by atoms with van der Waals surface area (Å²) in [5.74, 6) is 0. The van der Waals surface area contributed by atoms with Crippen molar-refractivity contribution in [2.45, 2.75) is 23.8 Å². The minimum Gasteiger partial charge on any atom is -0.383 e. The molecule has 1 atom stereocenters. The molecule has 0 aliphatic heterocycles. The fraction of sp³-hybridized carbons (Fsp3) is 1.00. The lowest BCUT2D eigenvalue weighted by Crippen LogP contribution is -2.42. The Morgan fingerprint density at radius 3 is 2.10 bits per heavy atom. The molecule has 0 fully saturated rings. The molecule has 0 aromatic carbocycles. The molecule has 0 aromatic heterocycles. The first kappa shape index (κ1) is 10.3. The maximum Gasteiger partial charge on any atom is 0.329 e. The molecule has 1 unspecified atom stereocenters. The molecular weight excluding hydrogens is 208 g/mol. The summed E-state index contributed by atoms with van der Waals surface area (Å²) in [5, 5.41) is 8.97. The second-order valence-corrected chi connectivity index (χ2v) is 3.31. The van der Waals surface area contributed by atoms with Gasteiger partial charge in [-0.05, 0) is 35.8 Å². The summed E-state index contributed by atoms with van der Waals surface area (Å²) in [6, 6.07) is 0. The van der Waals surface area contributed by atoms with Gasteiger partial charge in [0.05, 0.1) is 0 Å². The van der Waals surface area contributed by atoms with Crippen molar-refractivity contribution in [3.05, 3.63) is 0 Å². The Kier molecular flexibility index (Phi) is 3.19. The van der Waals surface area contributed by atoms with Crippen LogP contribution in [0, 0.1) is 0 Å². The van der Waals surface area contributed by atoms with Crippen molar-refractivity contribution in [1.29, 1.82) is 0 Å². The number of halogens is 3. The minimum atomic E-state index is -3.26. The van der Waals surface area contributed by atoms with Crippen LogP contribution in [0.25, 0.3) is 0 Å². The largest absolute Gasteiger partial charge is 0.383 e. The summed E-state index contributed by atoms with van der Waals surface area (Å²) in [4.78, 5) is -3.26. The molecule has 0 heterocycles. The highest BCUT2D eigenvalue weighted by atomic mass is 79.9. The molecule has 5 heteroatoms. The molecule has 62 valence electrons. The van der Waals surface area contributed by atoms with Crippen LogP contribution in [0.3, 0.4) is 0 Å². The second-order valence-electron chi connectivity index (χ2n) is 2.31. The minimum absolute atomic E-state index is 0.0359. The number of rotatable bonds is 3. The third-order valence-electron chi connectivity index (χ3n) is 1.24. The van der Waals surface area contributed by atoms with Crippen LogP contribution in [0.1, 0.15) is 13.3 Å². The van der Waals surface area contributed by atoms with Crippen LogP contribution in [-0.4, -0.2) is 22.1 Å². The standard InChI is InChI=1S/C5H10BrF2NO/c1-4(10,2-3-9)5(6,7)8/h10H,2-3,9H2,1H3. The molecule has 0 amide bonds. The van der Waals surface area contributed by atoms with Gasteiger partial charge in [-0.3, -0.25) is 0 Å². The van der Waals surface area contributed by atoms with Crippen LogP contribution >= 0.6 is 15.9 Å². The first-order chi connectivity index (χ1) is 4.31. The van der Waals surface area contributed by atoms with Gasteiger partial charge in [0.25, 0.3) is 0 Å². The third-order valence-corrected chi connectivity index (χ3v) is 2.10. The average molecular weight is 218 g/mol. The summed E-state index contributed by atoms with van der Waals surface area (Å²) in [6.07, 6.45) is -0.134. The first-order valence-electron chi connectivity index (χ1n) is 2.80. The molecule has 0 bridgehead atoms. The third kappa shape index (κ3) is 2.48. The van der Waals surface area contributed by atoms with E-state index in [0.29, 0.717) is 0 Å². The van der Waals surface area contributed by atoms with Crippen LogP contribution in [0.5, 0.6) is 0 Å². The number of aliphatic hydroxyl groups is 1. The fourth-order valence-corrected chi connectivity index (χ4v) is 0.621. The van der Waals surface area contributed by atoms with Gasteiger partial charge >= 0.3 is 4.83 Å². The van der Waals surface area contributed by atoms with Gasteiger partial charge in [-0.2, -0.15) is 8.78 Å². The zero-order valence-electron chi connectivity index (χ0n) is 5.57. The zero-order valence-corrected chi connectivity index (χ0v) is 7.16. The van der Waals surface area contributed by atoms with E-state index in [0.717, 1.165) is 6.92 Å². The lowest BCUT2D eigenvalue weighted by Gasteiger charge is -2.27. The van der Waals surface area contributed by atoms with E-state index in [4.69, 9.17) is 10.8 Å². The van der Waals surface area contributed by atoms with E-state index in [9.17, 15) is 8.78 Å². The Bertz CT molecular complexity index is 113. The van der Waals surface area contributed by atoms with Gasteiger partial charge in [-0.25, -0.2) is 0 Å². The van der Waals surface area contributed by atoms with Gasteiger partial charge in [0, 0.05) is 0 Å². The predicted octanol–water partition coefficient (Wildman–Crippen LogP) is 1.07. The number of hydrogen-bond donors (Lipinski definition) is 2. The van der Waals surface area contributed by atoms with Crippen molar-refractivity contribution < 1.29 is 13.9 Å². The van der Waals surface area contributed by atoms with E-state index >= 15 is 0 Å². The molecule has 0 spiro atoms. The zero-order chi connectivity index (χ0) is 8.41. The van der Waals surface area contributed by atoms with Gasteiger partial charge in [0.1, 0.15) is 5.60 Å². The number of nitrogens with two attached hydrogens (primary N) is 1. The molecule has 0 radical (unpaired) electrons. The Hall–Kier alpha value is 0.260. The second kappa shape index (κ2) is 3.11. The summed E-state index contributed by atoms with van der Waals surface area (Å²) in [7, 11) is 0. The van der Waals surface area contributed by atoms with Crippen LogP contribution < -0.4 is 5.73 Å². The fourth-order valence-electron chi connectivity index (χ4n) is 0.423. The van der Waals surface area contributed by atoms with E-state index in [1.54, 1.807) is 0 Å². The molecule has 3 N–H and O–H groups in total. The van der Waals surface area contributed by atoms with Gasteiger partial charge in [-0.15, -0.1) is 0 Å². The van der Waals surface area contributed by atoms with Crippen molar-refractivity contribution in [2.24, 2.45) is 5.73 Å². The van der Waals surface area contributed by atoms with Crippen molar-refractivity contribution >= 4 is 15.9 Å². The average Bonchev–Trinajstić information content (AvgIpc) is 1.61. The first-order valence-corrected chi connectivity index (χ1v) is 3.60. The van der Waals surface area contributed by atoms with Gasteiger partial charge < -0.3 is 10.8 Å². The van der Waals surface area contributed by atoms with E-state index in [2.05, 4.69) is 15.9 Å². The van der Waals surface area contributed by atoms with Gasteiger partial charge in [-0.1, -0.05) is 0 Å². The highest BCUT2D eigenvalue weighted by Gasteiger charge is 2.45.